The largest absolute Gasteiger partial charge is 0.472 e. The van der Waals surface area contributed by atoms with Gasteiger partial charge >= 0.3 is 0 Å². The normalized spacial score (nSPS) is 15.3. The summed E-state index contributed by atoms with van der Waals surface area (Å²) in [5.41, 5.74) is 1.02. The van der Waals surface area contributed by atoms with E-state index in [4.69, 9.17) is 27.6 Å². The molecule has 126 valence electrons. The van der Waals surface area contributed by atoms with Gasteiger partial charge in [-0.1, -0.05) is 23.2 Å². The van der Waals surface area contributed by atoms with Crippen LogP contribution in [-0.4, -0.2) is 35.8 Å². The molecule has 1 aliphatic heterocycles. The molecular weight excluding hydrogens is 351 g/mol. The highest BCUT2D eigenvalue weighted by molar-refractivity contribution is 6.42. The number of nitrogens with zero attached hydrogens (tertiary/aromatic N) is 1. The first-order valence-electron chi connectivity index (χ1n) is 7.62. The summed E-state index contributed by atoms with van der Waals surface area (Å²) >= 11 is 11.8. The zero-order valence-corrected chi connectivity index (χ0v) is 14.3. The number of halogens is 2. The Balaban J connectivity index is 1.54. The summed E-state index contributed by atoms with van der Waals surface area (Å²) in [7, 11) is 0. The minimum atomic E-state index is -0.187. The van der Waals surface area contributed by atoms with E-state index in [9.17, 15) is 9.59 Å². The number of piperidine rings is 1. The fourth-order valence-electron chi connectivity index (χ4n) is 2.70. The minimum absolute atomic E-state index is 0.0281. The van der Waals surface area contributed by atoms with E-state index >= 15 is 0 Å². The number of carbonyl (C=O) groups is 2. The number of rotatable bonds is 3. The van der Waals surface area contributed by atoms with Gasteiger partial charge in [-0.3, -0.25) is 9.59 Å². The van der Waals surface area contributed by atoms with Crippen molar-refractivity contribution in [3.8, 4) is 0 Å². The molecule has 0 radical (unpaired) electrons. The predicted molar refractivity (Wildman–Crippen MR) is 91.6 cm³/mol. The Labute approximate surface area is 149 Å². The highest BCUT2D eigenvalue weighted by atomic mass is 35.5. The molecule has 7 heteroatoms. The molecule has 1 N–H and O–H groups in total. The van der Waals surface area contributed by atoms with Gasteiger partial charge in [-0.15, -0.1) is 0 Å². The molecule has 0 unspecified atom stereocenters. The van der Waals surface area contributed by atoms with Gasteiger partial charge < -0.3 is 14.6 Å². The third kappa shape index (κ3) is 3.74. The number of benzene rings is 1. The highest BCUT2D eigenvalue weighted by Gasteiger charge is 2.25. The van der Waals surface area contributed by atoms with Crippen LogP contribution >= 0.6 is 23.2 Å². The van der Waals surface area contributed by atoms with Crippen molar-refractivity contribution in [1.82, 2.24) is 10.2 Å². The van der Waals surface area contributed by atoms with Crippen LogP contribution in [0.25, 0.3) is 0 Å². The summed E-state index contributed by atoms with van der Waals surface area (Å²) in [6, 6.07) is 6.48. The molecule has 1 fully saturated rings. The molecule has 0 saturated carbocycles. The van der Waals surface area contributed by atoms with Crippen molar-refractivity contribution < 1.29 is 14.0 Å². The minimum Gasteiger partial charge on any atom is -0.472 e. The van der Waals surface area contributed by atoms with Crippen LogP contribution in [0.15, 0.2) is 41.2 Å². The molecule has 2 amide bonds. The Morgan fingerprint density at radius 2 is 1.83 bits per heavy atom. The van der Waals surface area contributed by atoms with Gasteiger partial charge in [0.1, 0.15) is 6.26 Å². The van der Waals surface area contributed by atoms with Crippen molar-refractivity contribution in [2.75, 3.05) is 13.1 Å². The Hall–Kier alpha value is -1.98. The quantitative estimate of drug-likeness (QED) is 0.901. The Bertz CT molecular complexity index is 738. The summed E-state index contributed by atoms with van der Waals surface area (Å²) in [5, 5.41) is 3.75. The molecule has 0 spiro atoms. The summed E-state index contributed by atoms with van der Waals surface area (Å²) in [6.07, 6.45) is 4.34. The number of carbonyl (C=O) groups excluding carboxylic acids is 2. The van der Waals surface area contributed by atoms with Crippen molar-refractivity contribution in [3.63, 3.8) is 0 Å². The first kappa shape index (κ1) is 16.9. The van der Waals surface area contributed by atoms with E-state index in [1.54, 1.807) is 29.2 Å². The number of furan rings is 1. The van der Waals surface area contributed by atoms with Crippen molar-refractivity contribution in [1.29, 1.82) is 0 Å². The predicted octanol–water partition coefficient (Wildman–Crippen LogP) is 3.62. The van der Waals surface area contributed by atoms with Gasteiger partial charge in [0.25, 0.3) is 11.8 Å². The van der Waals surface area contributed by atoms with Gasteiger partial charge in [0.15, 0.2) is 0 Å². The molecule has 2 aromatic rings. The average molecular weight is 367 g/mol. The van der Waals surface area contributed by atoms with Crippen LogP contribution in [0.5, 0.6) is 0 Å². The van der Waals surface area contributed by atoms with Gasteiger partial charge in [-0.05, 0) is 37.1 Å². The number of nitrogens with one attached hydrogen (secondary N) is 1. The van der Waals surface area contributed by atoms with E-state index < -0.39 is 0 Å². The van der Waals surface area contributed by atoms with Gasteiger partial charge in [0, 0.05) is 24.7 Å². The second-order valence-electron chi connectivity index (χ2n) is 5.68. The molecule has 0 atom stereocenters. The lowest BCUT2D eigenvalue weighted by Gasteiger charge is -2.32. The molecule has 24 heavy (non-hydrogen) atoms. The topological polar surface area (TPSA) is 62.6 Å². The van der Waals surface area contributed by atoms with Gasteiger partial charge in [0.05, 0.1) is 21.9 Å². The number of hydrogen-bond donors (Lipinski definition) is 1. The lowest BCUT2D eigenvalue weighted by molar-refractivity contribution is 0.0697. The molecule has 2 heterocycles. The van der Waals surface area contributed by atoms with Crippen molar-refractivity contribution in [2.45, 2.75) is 18.9 Å². The van der Waals surface area contributed by atoms with Crippen molar-refractivity contribution in [2.24, 2.45) is 0 Å². The lowest BCUT2D eigenvalue weighted by atomic mass is 10.0. The van der Waals surface area contributed by atoms with Crippen LogP contribution in [0.4, 0.5) is 0 Å². The van der Waals surface area contributed by atoms with Crippen LogP contribution < -0.4 is 5.32 Å². The lowest BCUT2D eigenvalue weighted by Crippen LogP contribution is -2.46. The highest BCUT2D eigenvalue weighted by Crippen LogP contribution is 2.23. The Morgan fingerprint density at radius 1 is 1.08 bits per heavy atom. The maximum atomic E-state index is 12.3. The molecule has 0 aliphatic carbocycles. The maximum Gasteiger partial charge on any atom is 0.257 e. The summed E-state index contributed by atoms with van der Waals surface area (Å²) in [4.78, 5) is 26.3. The monoisotopic (exact) mass is 366 g/mol. The third-order valence-electron chi connectivity index (χ3n) is 4.07. The summed E-state index contributed by atoms with van der Waals surface area (Å²) in [5.74, 6) is -0.230. The van der Waals surface area contributed by atoms with Gasteiger partial charge in [-0.2, -0.15) is 0 Å². The van der Waals surface area contributed by atoms with Crippen molar-refractivity contribution in [3.05, 3.63) is 58.0 Å². The van der Waals surface area contributed by atoms with Gasteiger partial charge in [-0.25, -0.2) is 0 Å². The SMILES string of the molecule is O=C(NC1CCN(C(=O)c2ccoc2)CC1)c1ccc(Cl)c(Cl)c1. The van der Waals surface area contributed by atoms with Crippen LogP contribution in [0.1, 0.15) is 33.6 Å². The summed E-state index contributed by atoms with van der Waals surface area (Å²) < 4.78 is 4.94. The molecule has 1 aliphatic rings. The Kier molecular flexibility index (Phi) is 5.11. The molecule has 5 nitrogen and oxygen atoms in total. The first-order chi connectivity index (χ1) is 11.5. The second kappa shape index (κ2) is 7.28. The van der Waals surface area contributed by atoms with E-state index in [1.807, 2.05) is 0 Å². The van der Waals surface area contributed by atoms with E-state index in [0.717, 1.165) is 0 Å². The van der Waals surface area contributed by atoms with E-state index in [-0.39, 0.29) is 17.9 Å². The fourth-order valence-corrected chi connectivity index (χ4v) is 3.00. The maximum absolute atomic E-state index is 12.3. The molecule has 1 aromatic carbocycles. The zero-order valence-electron chi connectivity index (χ0n) is 12.8. The summed E-state index contributed by atoms with van der Waals surface area (Å²) in [6.45, 7) is 1.19. The van der Waals surface area contributed by atoms with Gasteiger partial charge in [0.2, 0.25) is 0 Å². The standard InChI is InChI=1S/C17H16Cl2N2O3/c18-14-2-1-11(9-15(14)19)16(22)20-13-3-6-21(7-4-13)17(23)12-5-8-24-10-12/h1-2,5,8-10,13H,3-4,6-7H2,(H,20,22). The second-order valence-corrected chi connectivity index (χ2v) is 6.50. The number of amides is 2. The van der Waals surface area contributed by atoms with Crippen LogP contribution in [-0.2, 0) is 0 Å². The zero-order chi connectivity index (χ0) is 17.1. The molecule has 1 aromatic heterocycles. The van der Waals surface area contributed by atoms with E-state index in [0.29, 0.717) is 47.1 Å². The van der Waals surface area contributed by atoms with Crippen molar-refractivity contribution >= 4 is 35.0 Å². The number of likely N-dealkylation sites (tertiary alicyclic amines) is 1. The van der Waals surface area contributed by atoms with E-state index in [2.05, 4.69) is 5.32 Å². The molecule has 1 saturated heterocycles. The van der Waals surface area contributed by atoms with E-state index in [1.165, 1.54) is 12.5 Å². The van der Waals surface area contributed by atoms with Crippen LogP contribution in [0, 0.1) is 0 Å². The van der Waals surface area contributed by atoms with Crippen LogP contribution in [0.3, 0.4) is 0 Å². The molecular formula is C17H16Cl2N2O3. The smallest absolute Gasteiger partial charge is 0.257 e. The molecule has 3 rings (SSSR count). The molecule has 0 bridgehead atoms. The first-order valence-corrected chi connectivity index (χ1v) is 8.37. The third-order valence-corrected chi connectivity index (χ3v) is 4.81. The van der Waals surface area contributed by atoms with Crippen LogP contribution in [0.2, 0.25) is 10.0 Å². The Morgan fingerprint density at radius 3 is 2.46 bits per heavy atom. The number of hydrogen-bond acceptors (Lipinski definition) is 3. The average Bonchev–Trinajstić information content (AvgIpc) is 3.12. The fraction of sp³-hybridized carbons (Fsp3) is 0.294.